The van der Waals surface area contributed by atoms with Gasteiger partial charge >= 0.3 is 0 Å². The molecule has 3 aliphatic rings. The maximum absolute atomic E-state index is 12.7. The van der Waals surface area contributed by atoms with Gasteiger partial charge in [-0.05, 0) is 37.8 Å². The number of anilines is 1. The second-order valence-corrected chi connectivity index (χ2v) is 7.53. The summed E-state index contributed by atoms with van der Waals surface area (Å²) in [5.74, 6) is 0.147. The minimum absolute atomic E-state index is 0.167. The second kappa shape index (κ2) is 7.05. The number of carbonyl (C=O) groups excluding carboxylic acids is 2. The van der Waals surface area contributed by atoms with Gasteiger partial charge in [0.1, 0.15) is 5.71 Å². The van der Waals surface area contributed by atoms with Crippen LogP contribution in [0.4, 0.5) is 5.69 Å². The Balaban J connectivity index is 1.38. The van der Waals surface area contributed by atoms with Crippen molar-refractivity contribution in [3.8, 4) is 0 Å². The third-order valence-electron chi connectivity index (χ3n) is 5.58. The lowest BCUT2D eigenvalue weighted by Crippen LogP contribution is -2.52. The molecule has 1 aliphatic carbocycles. The van der Waals surface area contributed by atoms with E-state index in [1.807, 2.05) is 4.90 Å². The van der Waals surface area contributed by atoms with Gasteiger partial charge in [-0.3, -0.25) is 14.6 Å². The van der Waals surface area contributed by atoms with Gasteiger partial charge in [-0.25, -0.2) is 0 Å². The van der Waals surface area contributed by atoms with Gasteiger partial charge in [0.15, 0.2) is 5.60 Å². The number of aromatic nitrogens is 1. The highest BCUT2D eigenvalue weighted by Gasteiger charge is 2.46. The monoisotopic (exact) mass is 356 g/mol. The molecular weight excluding hydrogens is 332 g/mol. The van der Waals surface area contributed by atoms with Gasteiger partial charge in [-0.15, -0.1) is 0 Å². The van der Waals surface area contributed by atoms with E-state index in [0.717, 1.165) is 45.1 Å². The van der Waals surface area contributed by atoms with E-state index in [0.29, 0.717) is 24.4 Å². The summed E-state index contributed by atoms with van der Waals surface area (Å²) >= 11 is 0. The fourth-order valence-electron chi connectivity index (χ4n) is 4.22. The maximum atomic E-state index is 12.7. The van der Waals surface area contributed by atoms with Crippen LogP contribution in [0.3, 0.4) is 0 Å². The van der Waals surface area contributed by atoms with Gasteiger partial charge < -0.3 is 15.1 Å². The van der Waals surface area contributed by atoms with Gasteiger partial charge in [0.25, 0.3) is 5.91 Å². The molecule has 1 N–H and O–H groups in total. The van der Waals surface area contributed by atoms with E-state index < -0.39 is 5.60 Å². The lowest BCUT2D eigenvalue weighted by Gasteiger charge is -2.39. The SMILES string of the molecule is O=C(Nc1cccnc1)C1=NO[C@@]2(CCCN(C(=O)C3CCCC3)C2)C1. The number of nitrogens with one attached hydrogen (secondary N) is 1. The molecule has 1 aromatic rings. The Kier molecular flexibility index (Phi) is 4.61. The van der Waals surface area contributed by atoms with E-state index in [2.05, 4.69) is 15.5 Å². The van der Waals surface area contributed by atoms with E-state index in [-0.39, 0.29) is 17.7 Å². The zero-order valence-electron chi connectivity index (χ0n) is 14.8. The number of likely N-dealkylation sites (tertiary alicyclic amines) is 1. The number of amides is 2. The fraction of sp³-hybridized carbons (Fsp3) is 0.579. The van der Waals surface area contributed by atoms with Crippen LogP contribution in [0.15, 0.2) is 29.7 Å². The Hall–Kier alpha value is -2.44. The zero-order valence-corrected chi connectivity index (χ0v) is 14.8. The molecule has 1 aromatic heterocycles. The van der Waals surface area contributed by atoms with E-state index in [9.17, 15) is 9.59 Å². The molecule has 1 saturated heterocycles. The molecule has 2 fully saturated rings. The van der Waals surface area contributed by atoms with E-state index in [1.165, 1.54) is 0 Å². The third-order valence-corrected chi connectivity index (χ3v) is 5.58. The number of oxime groups is 1. The standard InChI is InChI=1S/C19H24N4O3/c24-17(21-15-7-3-9-20-12-15)16-11-19(26-22-16)8-4-10-23(13-19)18(25)14-5-1-2-6-14/h3,7,9,12,14H,1-2,4-6,8,10-11,13H2,(H,21,24)/t19-/m0/s1. The summed E-state index contributed by atoms with van der Waals surface area (Å²) in [6, 6.07) is 3.54. The first-order chi connectivity index (χ1) is 12.7. The highest BCUT2D eigenvalue weighted by atomic mass is 16.7. The summed E-state index contributed by atoms with van der Waals surface area (Å²) in [6.07, 6.45) is 9.66. The summed E-state index contributed by atoms with van der Waals surface area (Å²) in [5.41, 5.74) is 0.459. The Labute approximate surface area is 152 Å². The predicted molar refractivity (Wildman–Crippen MR) is 96.5 cm³/mol. The first kappa shape index (κ1) is 17.0. The van der Waals surface area contributed by atoms with Crippen LogP contribution in [0.1, 0.15) is 44.9 Å². The predicted octanol–water partition coefficient (Wildman–Crippen LogP) is 2.35. The molecular formula is C19H24N4O3. The highest BCUT2D eigenvalue weighted by molar-refractivity contribution is 6.43. The van der Waals surface area contributed by atoms with Gasteiger partial charge in [0, 0.05) is 25.1 Å². The van der Waals surface area contributed by atoms with Crippen molar-refractivity contribution < 1.29 is 14.4 Å². The van der Waals surface area contributed by atoms with Crippen molar-refractivity contribution in [2.45, 2.75) is 50.5 Å². The summed E-state index contributed by atoms with van der Waals surface area (Å²) in [6.45, 7) is 1.30. The molecule has 1 saturated carbocycles. The summed E-state index contributed by atoms with van der Waals surface area (Å²) in [7, 11) is 0. The van der Waals surface area contributed by atoms with E-state index in [1.54, 1.807) is 24.5 Å². The topological polar surface area (TPSA) is 83.9 Å². The molecule has 26 heavy (non-hydrogen) atoms. The highest BCUT2D eigenvalue weighted by Crippen LogP contribution is 2.35. The molecule has 1 atom stereocenters. The van der Waals surface area contributed by atoms with Crippen LogP contribution >= 0.6 is 0 Å². The molecule has 2 amide bonds. The fourth-order valence-corrected chi connectivity index (χ4v) is 4.22. The largest absolute Gasteiger partial charge is 0.386 e. The average Bonchev–Trinajstić information content (AvgIpc) is 3.33. The average molecular weight is 356 g/mol. The molecule has 7 nitrogen and oxygen atoms in total. The summed E-state index contributed by atoms with van der Waals surface area (Å²) in [5, 5.41) is 6.84. The van der Waals surface area contributed by atoms with Crippen molar-refractivity contribution >= 4 is 23.2 Å². The van der Waals surface area contributed by atoms with Crippen molar-refractivity contribution in [3.05, 3.63) is 24.5 Å². The molecule has 0 radical (unpaired) electrons. The Morgan fingerprint density at radius 3 is 2.88 bits per heavy atom. The van der Waals surface area contributed by atoms with Gasteiger partial charge in [0.2, 0.25) is 5.91 Å². The number of pyridine rings is 1. The summed E-state index contributed by atoms with van der Waals surface area (Å²) in [4.78, 5) is 36.8. The summed E-state index contributed by atoms with van der Waals surface area (Å²) < 4.78 is 0. The minimum Gasteiger partial charge on any atom is -0.386 e. The van der Waals surface area contributed by atoms with Crippen LogP contribution in [-0.4, -0.2) is 46.1 Å². The number of hydrogen-bond acceptors (Lipinski definition) is 5. The lowest BCUT2D eigenvalue weighted by molar-refractivity contribution is -0.144. The zero-order chi connectivity index (χ0) is 18.0. The van der Waals surface area contributed by atoms with Crippen molar-refractivity contribution in [2.75, 3.05) is 18.4 Å². The molecule has 2 aliphatic heterocycles. The Morgan fingerprint density at radius 2 is 2.12 bits per heavy atom. The molecule has 0 bridgehead atoms. The normalized spacial score (nSPS) is 25.8. The number of nitrogens with zero attached hydrogens (tertiary/aromatic N) is 3. The third kappa shape index (κ3) is 3.43. The first-order valence-electron chi connectivity index (χ1n) is 9.40. The van der Waals surface area contributed by atoms with Crippen LogP contribution in [0.2, 0.25) is 0 Å². The van der Waals surface area contributed by atoms with Gasteiger partial charge in [-0.2, -0.15) is 0 Å². The number of carbonyl (C=O) groups is 2. The van der Waals surface area contributed by atoms with Crippen LogP contribution in [-0.2, 0) is 14.4 Å². The van der Waals surface area contributed by atoms with E-state index >= 15 is 0 Å². The van der Waals surface area contributed by atoms with E-state index in [4.69, 9.17) is 4.84 Å². The Morgan fingerprint density at radius 1 is 1.27 bits per heavy atom. The molecule has 0 aromatic carbocycles. The lowest BCUT2D eigenvalue weighted by atomic mass is 9.87. The van der Waals surface area contributed by atoms with Gasteiger partial charge in [-0.1, -0.05) is 18.0 Å². The first-order valence-corrected chi connectivity index (χ1v) is 9.40. The molecule has 138 valence electrons. The number of piperidine rings is 1. The van der Waals surface area contributed by atoms with Crippen LogP contribution in [0.5, 0.6) is 0 Å². The molecule has 7 heteroatoms. The second-order valence-electron chi connectivity index (χ2n) is 7.53. The Bertz CT molecular complexity index is 715. The molecule has 4 rings (SSSR count). The van der Waals surface area contributed by atoms with Crippen molar-refractivity contribution in [3.63, 3.8) is 0 Å². The molecule has 0 unspecified atom stereocenters. The van der Waals surface area contributed by atoms with Crippen molar-refractivity contribution in [2.24, 2.45) is 11.1 Å². The van der Waals surface area contributed by atoms with Gasteiger partial charge in [0.05, 0.1) is 18.4 Å². The van der Waals surface area contributed by atoms with Crippen molar-refractivity contribution in [1.29, 1.82) is 0 Å². The maximum Gasteiger partial charge on any atom is 0.273 e. The molecule has 3 heterocycles. The molecule has 1 spiro atoms. The smallest absolute Gasteiger partial charge is 0.273 e. The number of hydrogen-bond donors (Lipinski definition) is 1. The van der Waals surface area contributed by atoms with Crippen LogP contribution < -0.4 is 5.32 Å². The quantitative estimate of drug-likeness (QED) is 0.901. The number of rotatable bonds is 3. The van der Waals surface area contributed by atoms with Crippen LogP contribution in [0, 0.1) is 5.92 Å². The van der Waals surface area contributed by atoms with Crippen LogP contribution in [0.25, 0.3) is 0 Å². The van der Waals surface area contributed by atoms with Crippen molar-refractivity contribution in [1.82, 2.24) is 9.88 Å². The minimum atomic E-state index is -0.547.